The van der Waals surface area contributed by atoms with Crippen molar-refractivity contribution in [3.05, 3.63) is 28.8 Å². The summed E-state index contributed by atoms with van der Waals surface area (Å²) in [7, 11) is 2.10. The van der Waals surface area contributed by atoms with Gasteiger partial charge in [0.15, 0.2) is 0 Å². The van der Waals surface area contributed by atoms with Gasteiger partial charge in [0.2, 0.25) is 5.91 Å². The lowest BCUT2D eigenvalue weighted by Crippen LogP contribution is -2.45. The lowest BCUT2D eigenvalue weighted by atomic mass is 10.1. The van der Waals surface area contributed by atoms with Crippen LogP contribution in [0.15, 0.2) is 18.2 Å². The first-order chi connectivity index (χ1) is 10.5. The van der Waals surface area contributed by atoms with Crippen LogP contribution in [0.5, 0.6) is 5.75 Å². The average molecular weight is 325 g/mol. The van der Waals surface area contributed by atoms with Crippen LogP contribution in [0.4, 0.5) is 0 Å². The minimum Gasteiger partial charge on any atom is -0.506 e. The number of hydrogen-bond acceptors (Lipinski definition) is 4. The second-order valence-electron chi connectivity index (χ2n) is 6.26. The fraction of sp³-hybridized carbons (Fsp3) is 0.562. The number of fused-ring (bicyclic) bond motifs is 3. The van der Waals surface area contributed by atoms with E-state index in [2.05, 4.69) is 11.9 Å². The molecule has 1 aromatic carbocycles. The van der Waals surface area contributed by atoms with Crippen LogP contribution < -0.4 is 0 Å². The van der Waals surface area contributed by atoms with E-state index in [-0.39, 0.29) is 22.7 Å². The van der Waals surface area contributed by atoms with Crippen molar-refractivity contribution in [1.29, 1.82) is 0 Å². The summed E-state index contributed by atoms with van der Waals surface area (Å²) in [5.74, 6) is 0.514. The Morgan fingerprint density at radius 2 is 2.18 bits per heavy atom. The van der Waals surface area contributed by atoms with Crippen molar-refractivity contribution in [2.24, 2.45) is 5.92 Å². The second-order valence-corrected chi connectivity index (χ2v) is 6.67. The van der Waals surface area contributed by atoms with Crippen LogP contribution in [-0.2, 0) is 16.0 Å². The molecule has 0 aliphatic carbocycles. The Morgan fingerprint density at radius 1 is 1.36 bits per heavy atom. The molecule has 120 valence electrons. The summed E-state index contributed by atoms with van der Waals surface area (Å²) >= 11 is 5.91. The topological polar surface area (TPSA) is 53.0 Å². The van der Waals surface area contributed by atoms with Gasteiger partial charge in [0, 0.05) is 25.6 Å². The molecule has 2 aliphatic heterocycles. The fourth-order valence-electron chi connectivity index (χ4n) is 3.20. The number of phenolic OH excluding ortho intramolecular Hbond substituents is 1. The van der Waals surface area contributed by atoms with Crippen LogP contribution in [0.1, 0.15) is 5.56 Å². The SMILES string of the molecule is CN1C[C@H]2COC[C@@H]1CN(C(=O)Cc1ccc(O)c(Cl)c1)C2. The van der Waals surface area contributed by atoms with Crippen LogP contribution in [0, 0.1) is 5.92 Å². The monoisotopic (exact) mass is 324 g/mol. The molecule has 5 nitrogen and oxygen atoms in total. The van der Waals surface area contributed by atoms with Gasteiger partial charge >= 0.3 is 0 Å². The Kier molecular flexibility index (Phi) is 4.57. The summed E-state index contributed by atoms with van der Waals surface area (Å²) in [4.78, 5) is 16.9. The number of nitrogens with zero attached hydrogens (tertiary/aromatic N) is 2. The first-order valence-electron chi connectivity index (χ1n) is 7.56. The zero-order valence-electron chi connectivity index (χ0n) is 12.7. The average Bonchev–Trinajstić information content (AvgIpc) is 2.71. The molecule has 1 amide bonds. The van der Waals surface area contributed by atoms with E-state index in [0.717, 1.165) is 25.3 Å². The van der Waals surface area contributed by atoms with E-state index in [4.69, 9.17) is 16.3 Å². The molecule has 0 saturated carbocycles. The van der Waals surface area contributed by atoms with Gasteiger partial charge in [-0.3, -0.25) is 9.69 Å². The van der Waals surface area contributed by atoms with E-state index >= 15 is 0 Å². The van der Waals surface area contributed by atoms with Crippen LogP contribution in [0.2, 0.25) is 5.02 Å². The van der Waals surface area contributed by atoms with Gasteiger partial charge in [0.1, 0.15) is 5.75 Å². The zero-order valence-corrected chi connectivity index (χ0v) is 13.4. The maximum Gasteiger partial charge on any atom is 0.227 e. The summed E-state index contributed by atoms with van der Waals surface area (Å²) in [5, 5.41) is 9.74. The van der Waals surface area contributed by atoms with E-state index < -0.39 is 0 Å². The molecule has 2 atom stereocenters. The molecule has 1 aromatic rings. The lowest BCUT2D eigenvalue weighted by Gasteiger charge is -2.29. The van der Waals surface area contributed by atoms with Crippen molar-refractivity contribution in [2.45, 2.75) is 12.5 Å². The predicted molar refractivity (Wildman–Crippen MR) is 84.1 cm³/mol. The highest BCUT2D eigenvalue weighted by atomic mass is 35.5. The van der Waals surface area contributed by atoms with Gasteiger partial charge < -0.3 is 14.7 Å². The Bertz CT molecular complexity index is 566. The first-order valence-corrected chi connectivity index (χ1v) is 7.94. The number of carbonyl (C=O) groups is 1. The molecule has 6 heteroatoms. The minimum atomic E-state index is 0.0425. The number of halogens is 1. The summed E-state index contributed by atoms with van der Waals surface area (Å²) in [6.07, 6.45) is 0.310. The Labute approximate surface area is 135 Å². The normalized spacial score (nSPS) is 25.8. The number of ether oxygens (including phenoxy) is 1. The number of hydrogen-bond donors (Lipinski definition) is 1. The standard InChI is InChI=1S/C16H21ClN2O3/c1-18-6-12-7-19(8-13(18)10-22-9-12)16(21)5-11-2-3-15(20)14(17)4-11/h2-4,12-13,20H,5-10H2,1H3/t12-,13+/m1/s1. The largest absolute Gasteiger partial charge is 0.506 e. The quantitative estimate of drug-likeness (QED) is 0.893. The molecule has 2 bridgehead atoms. The Balaban J connectivity index is 1.70. The van der Waals surface area contributed by atoms with Crippen molar-refractivity contribution < 1.29 is 14.6 Å². The number of carbonyl (C=O) groups excluding carboxylic acids is 1. The molecular weight excluding hydrogens is 304 g/mol. The van der Waals surface area contributed by atoms with Crippen molar-refractivity contribution in [2.75, 3.05) is 39.9 Å². The molecule has 0 aromatic heterocycles. The molecule has 2 fully saturated rings. The van der Waals surface area contributed by atoms with Crippen molar-refractivity contribution >= 4 is 17.5 Å². The van der Waals surface area contributed by atoms with Gasteiger partial charge in [-0.25, -0.2) is 0 Å². The summed E-state index contributed by atoms with van der Waals surface area (Å²) in [6, 6.07) is 5.19. The Morgan fingerprint density at radius 3 is 2.95 bits per heavy atom. The highest BCUT2D eigenvalue weighted by Gasteiger charge is 2.33. The van der Waals surface area contributed by atoms with Crippen molar-refractivity contribution in [3.8, 4) is 5.75 Å². The van der Waals surface area contributed by atoms with Crippen molar-refractivity contribution in [3.63, 3.8) is 0 Å². The van der Waals surface area contributed by atoms with E-state index in [1.54, 1.807) is 12.1 Å². The number of phenols is 1. The van der Waals surface area contributed by atoms with E-state index in [1.165, 1.54) is 6.07 Å². The summed E-state index contributed by atoms with van der Waals surface area (Å²) < 4.78 is 5.68. The number of likely N-dealkylation sites (N-methyl/N-ethyl adjacent to an activating group) is 1. The molecular formula is C16H21ClN2O3. The minimum absolute atomic E-state index is 0.0425. The van der Waals surface area contributed by atoms with Crippen LogP contribution in [0.3, 0.4) is 0 Å². The van der Waals surface area contributed by atoms with Crippen LogP contribution in [-0.4, -0.2) is 66.8 Å². The third-order valence-electron chi connectivity index (χ3n) is 4.46. The van der Waals surface area contributed by atoms with Gasteiger partial charge in [-0.1, -0.05) is 17.7 Å². The highest BCUT2D eigenvalue weighted by molar-refractivity contribution is 6.32. The molecule has 1 N–H and O–H groups in total. The highest BCUT2D eigenvalue weighted by Crippen LogP contribution is 2.24. The molecule has 0 radical (unpaired) electrons. The lowest BCUT2D eigenvalue weighted by molar-refractivity contribution is -0.132. The number of amides is 1. The van der Waals surface area contributed by atoms with Gasteiger partial charge in [-0.2, -0.15) is 0 Å². The third-order valence-corrected chi connectivity index (χ3v) is 4.77. The molecule has 2 saturated heterocycles. The maximum absolute atomic E-state index is 12.6. The second kappa shape index (κ2) is 6.44. The Hall–Kier alpha value is -1.30. The predicted octanol–water partition coefficient (Wildman–Crippen LogP) is 1.38. The van der Waals surface area contributed by atoms with Gasteiger partial charge in [0.05, 0.1) is 30.7 Å². The third kappa shape index (κ3) is 3.37. The number of rotatable bonds is 2. The fourth-order valence-corrected chi connectivity index (χ4v) is 3.40. The van der Waals surface area contributed by atoms with Gasteiger partial charge in [-0.15, -0.1) is 0 Å². The van der Waals surface area contributed by atoms with Crippen molar-refractivity contribution in [1.82, 2.24) is 9.80 Å². The van der Waals surface area contributed by atoms with E-state index in [0.29, 0.717) is 25.5 Å². The maximum atomic E-state index is 12.6. The van der Waals surface area contributed by atoms with E-state index in [9.17, 15) is 9.90 Å². The molecule has 2 heterocycles. The number of aromatic hydroxyl groups is 1. The summed E-state index contributed by atoms with van der Waals surface area (Å²) in [6.45, 7) is 3.82. The van der Waals surface area contributed by atoms with Crippen LogP contribution >= 0.6 is 11.6 Å². The zero-order chi connectivity index (χ0) is 15.7. The molecule has 0 unspecified atom stereocenters. The molecule has 0 spiro atoms. The molecule has 22 heavy (non-hydrogen) atoms. The van der Waals surface area contributed by atoms with Gasteiger partial charge in [-0.05, 0) is 24.7 Å². The molecule has 2 aliphatic rings. The first kappa shape index (κ1) is 15.6. The van der Waals surface area contributed by atoms with Gasteiger partial charge in [0.25, 0.3) is 0 Å². The summed E-state index contributed by atoms with van der Waals surface area (Å²) in [5.41, 5.74) is 0.826. The van der Waals surface area contributed by atoms with Crippen LogP contribution in [0.25, 0.3) is 0 Å². The smallest absolute Gasteiger partial charge is 0.227 e. The number of benzene rings is 1. The van der Waals surface area contributed by atoms with E-state index in [1.807, 2.05) is 4.90 Å². The molecule has 3 rings (SSSR count).